The van der Waals surface area contributed by atoms with E-state index in [-0.39, 0.29) is 5.41 Å². The first kappa shape index (κ1) is 45.8. The van der Waals surface area contributed by atoms with Crippen LogP contribution in [0.25, 0.3) is 0 Å². The summed E-state index contributed by atoms with van der Waals surface area (Å²) in [6, 6.07) is 6.12. The molecule has 2 rings (SSSR count). The van der Waals surface area contributed by atoms with Crippen LogP contribution in [0.15, 0.2) is 23.1 Å². The van der Waals surface area contributed by atoms with E-state index in [9.17, 15) is 0 Å². The van der Waals surface area contributed by atoms with Crippen LogP contribution in [0, 0.1) is 0 Å². The minimum atomic E-state index is -0.176. The van der Waals surface area contributed by atoms with Crippen molar-refractivity contribution in [2.75, 3.05) is 152 Å². The van der Waals surface area contributed by atoms with E-state index < -0.39 is 0 Å². The van der Waals surface area contributed by atoms with Crippen molar-refractivity contribution in [3.63, 3.8) is 0 Å². The van der Waals surface area contributed by atoms with Gasteiger partial charge in [0.05, 0.1) is 150 Å². The standard InChI is InChI=1S/C35H61NO14S/c1-5-36-31(2)35(3,33-30-32(51-50-49-37)6-7-34(33)36)8-9-39-12-13-41-16-17-43-20-21-45-24-25-47-28-29-48-27-26-46-23-22-44-19-18-42-15-14-40-11-10-38-4/h6-7,30H,5,8-29H2,1-4H3/p+1. The van der Waals surface area contributed by atoms with Crippen molar-refractivity contribution in [2.24, 2.45) is 0 Å². The van der Waals surface area contributed by atoms with E-state index in [0.29, 0.717) is 139 Å². The van der Waals surface area contributed by atoms with E-state index in [4.69, 9.17) is 57.4 Å². The Morgan fingerprint density at radius 1 is 0.588 bits per heavy atom. The van der Waals surface area contributed by atoms with E-state index in [1.165, 1.54) is 17.0 Å². The van der Waals surface area contributed by atoms with Crippen LogP contribution < -0.4 is 0 Å². The zero-order valence-electron chi connectivity index (χ0n) is 31.1. The fourth-order valence-corrected chi connectivity index (χ4v) is 5.59. The first-order valence-corrected chi connectivity index (χ1v) is 18.5. The minimum absolute atomic E-state index is 0.176. The summed E-state index contributed by atoms with van der Waals surface area (Å²) in [4.78, 5) is 0.849. The average molecular weight is 753 g/mol. The smallest absolute Gasteiger partial charge is 0.209 e. The van der Waals surface area contributed by atoms with E-state index in [2.05, 4.69) is 46.9 Å². The molecule has 1 aromatic carbocycles. The minimum Gasteiger partial charge on any atom is -0.382 e. The van der Waals surface area contributed by atoms with Crippen LogP contribution in [-0.4, -0.2) is 168 Å². The highest BCUT2D eigenvalue weighted by Gasteiger charge is 2.45. The van der Waals surface area contributed by atoms with Gasteiger partial charge in [0, 0.05) is 37.2 Å². The first-order valence-electron chi connectivity index (χ1n) is 17.8. The predicted octanol–water partition coefficient (Wildman–Crippen LogP) is 3.71. The molecule has 1 heterocycles. The maximum atomic E-state index is 8.51. The summed E-state index contributed by atoms with van der Waals surface area (Å²) in [5, 5.41) is 12.3. The Labute approximate surface area is 308 Å². The molecule has 296 valence electrons. The van der Waals surface area contributed by atoms with Gasteiger partial charge >= 0.3 is 0 Å². The summed E-state index contributed by atoms with van der Waals surface area (Å²) < 4.78 is 67.2. The van der Waals surface area contributed by atoms with E-state index in [1.807, 2.05) is 6.07 Å². The number of hydrogen-bond donors (Lipinski definition) is 1. The van der Waals surface area contributed by atoms with Crippen LogP contribution in [0.4, 0.5) is 5.69 Å². The maximum absolute atomic E-state index is 8.51. The van der Waals surface area contributed by atoms with Gasteiger partial charge in [-0.2, -0.15) is 4.58 Å². The highest BCUT2D eigenvalue weighted by molar-refractivity contribution is 7.94. The Morgan fingerprint density at radius 2 is 0.961 bits per heavy atom. The third kappa shape index (κ3) is 20.1. The summed E-state index contributed by atoms with van der Waals surface area (Å²) in [5.41, 5.74) is 3.50. The van der Waals surface area contributed by atoms with Gasteiger partial charge in [0.25, 0.3) is 0 Å². The van der Waals surface area contributed by atoms with Crippen molar-refractivity contribution >= 4 is 23.4 Å². The largest absolute Gasteiger partial charge is 0.382 e. The molecule has 0 saturated heterocycles. The molecule has 1 unspecified atom stereocenters. The second-order valence-corrected chi connectivity index (χ2v) is 12.2. The molecule has 51 heavy (non-hydrogen) atoms. The fourth-order valence-electron chi connectivity index (χ4n) is 5.20. The third-order valence-electron chi connectivity index (χ3n) is 8.06. The summed E-state index contributed by atoms with van der Waals surface area (Å²) >= 11 is 0.970. The topological polar surface area (TPSA) is 143 Å². The summed E-state index contributed by atoms with van der Waals surface area (Å²) in [5.74, 6) is 0. The van der Waals surface area contributed by atoms with Crippen LogP contribution in [0.1, 0.15) is 32.8 Å². The highest BCUT2D eigenvalue weighted by Crippen LogP contribution is 2.43. The number of benzene rings is 1. The van der Waals surface area contributed by atoms with Gasteiger partial charge in [0.1, 0.15) is 6.54 Å². The monoisotopic (exact) mass is 752 g/mol. The number of hydrogen-bond acceptors (Lipinski definition) is 15. The molecule has 1 aliphatic heterocycles. The predicted molar refractivity (Wildman–Crippen MR) is 190 cm³/mol. The summed E-state index contributed by atoms with van der Waals surface area (Å²) in [7, 11) is 1.64. The Hall–Kier alpha value is -1.32. The molecule has 16 heteroatoms. The molecule has 0 aliphatic carbocycles. The fraction of sp³-hybridized carbons (Fsp3) is 0.800. The lowest BCUT2D eigenvalue weighted by molar-refractivity contribution is -0.434. The van der Waals surface area contributed by atoms with E-state index >= 15 is 0 Å². The zero-order valence-corrected chi connectivity index (χ0v) is 31.9. The Balaban J connectivity index is 1.30. The molecule has 0 saturated carbocycles. The number of ether oxygens (including phenoxy) is 11. The zero-order chi connectivity index (χ0) is 36.7. The molecule has 0 amide bonds. The van der Waals surface area contributed by atoms with Crippen LogP contribution >= 0.6 is 12.0 Å². The molecule has 1 atom stereocenters. The highest BCUT2D eigenvalue weighted by atomic mass is 32.2. The molecule has 1 N–H and O–H groups in total. The van der Waals surface area contributed by atoms with Crippen molar-refractivity contribution < 1.29 is 71.3 Å². The molecule has 0 bridgehead atoms. The summed E-state index contributed by atoms with van der Waals surface area (Å²) in [6.07, 6.45) is 0.828. The van der Waals surface area contributed by atoms with Crippen LogP contribution in [0.2, 0.25) is 0 Å². The normalized spacial score (nSPS) is 15.7. The SMILES string of the molecule is CC[N+]1=C(C)C(C)(CCOCCOCCOCCOCCOCCOCCOCCOCCOCCOCCOC)c2cc(SOOO)ccc21. The van der Waals surface area contributed by atoms with Crippen molar-refractivity contribution in [2.45, 2.75) is 37.5 Å². The average Bonchev–Trinajstić information content (AvgIpc) is 3.35. The summed E-state index contributed by atoms with van der Waals surface area (Å²) in [6.45, 7) is 18.4. The molecule has 1 aromatic rings. The first-order chi connectivity index (χ1) is 25.1. The Bertz CT molecular complexity index is 1020. The van der Waals surface area contributed by atoms with Crippen LogP contribution in [-0.2, 0) is 66.9 Å². The molecule has 0 aromatic heterocycles. The van der Waals surface area contributed by atoms with Crippen LogP contribution in [0.3, 0.4) is 0 Å². The number of rotatable bonds is 37. The lowest BCUT2D eigenvalue weighted by Gasteiger charge is -2.22. The molecule has 0 radical (unpaired) electrons. The van der Waals surface area contributed by atoms with Gasteiger partial charge in [-0.3, -0.25) is 0 Å². The Kier molecular flexibility index (Phi) is 27.9. The lowest BCUT2D eigenvalue weighted by Crippen LogP contribution is -2.32. The van der Waals surface area contributed by atoms with Crippen molar-refractivity contribution in [1.82, 2.24) is 0 Å². The Morgan fingerprint density at radius 3 is 1.31 bits per heavy atom. The molecule has 15 nitrogen and oxygen atoms in total. The van der Waals surface area contributed by atoms with Gasteiger partial charge in [-0.25, -0.2) is 5.26 Å². The van der Waals surface area contributed by atoms with Gasteiger partial charge in [-0.05, 0) is 32.4 Å². The van der Waals surface area contributed by atoms with Gasteiger partial charge in [0.2, 0.25) is 5.69 Å². The number of methoxy groups -OCH3 is 1. The second-order valence-electron chi connectivity index (χ2n) is 11.4. The molecule has 0 spiro atoms. The van der Waals surface area contributed by atoms with Crippen molar-refractivity contribution in [3.8, 4) is 0 Å². The lowest BCUT2D eigenvalue weighted by atomic mass is 9.77. The number of fused-ring (bicyclic) bond motifs is 1. The van der Waals surface area contributed by atoms with Gasteiger partial charge in [-0.15, -0.1) is 4.33 Å². The third-order valence-corrected chi connectivity index (χ3v) is 8.64. The van der Waals surface area contributed by atoms with Gasteiger partial charge < -0.3 is 52.1 Å². The maximum Gasteiger partial charge on any atom is 0.209 e. The van der Waals surface area contributed by atoms with Crippen molar-refractivity contribution in [1.29, 1.82) is 0 Å². The van der Waals surface area contributed by atoms with E-state index in [0.717, 1.165) is 29.9 Å². The molecular formula is C35H62NO14S+. The van der Waals surface area contributed by atoms with Crippen molar-refractivity contribution in [3.05, 3.63) is 23.8 Å². The van der Waals surface area contributed by atoms with Gasteiger partial charge in [0.15, 0.2) is 5.71 Å². The quantitative estimate of drug-likeness (QED) is 0.0347. The van der Waals surface area contributed by atoms with Crippen LogP contribution in [0.5, 0.6) is 0 Å². The van der Waals surface area contributed by atoms with Gasteiger partial charge in [-0.1, -0.05) is 5.04 Å². The molecular weight excluding hydrogens is 690 g/mol. The van der Waals surface area contributed by atoms with E-state index in [1.54, 1.807) is 7.11 Å². The molecule has 0 fully saturated rings. The molecule has 1 aliphatic rings. The second kappa shape index (κ2) is 31.1. The number of nitrogens with zero attached hydrogens (tertiary/aromatic N) is 1.